The molecule has 0 aromatic carbocycles. The molecule has 0 bridgehead atoms. The average molecular weight is 447 g/mol. The number of fused-ring (bicyclic) bond motifs is 3. The molecule has 4 heterocycles. The highest BCUT2D eigenvalue weighted by atomic mass is 15.2. The molecule has 1 N–H and O–H groups in total. The standard InChI is InChI=1S/C25H34N8/c1-5-22-28-20-8-7-19-15-27-25(30-23(19)24(20)33(22)17(2)3)29-21-9-6-18(14-26-21)16-32-12-10-31(4)11-13-32/h6,9,14-15,17H,5,7-8,10-13,16H2,1-4H3,(H,26,27,29,30). The number of likely N-dealkylation sites (N-methyl/N-ethyl adjacent to an activating group) is 1. The summed E-state index contributed by atoms with van der Waals surface area (Å²) in [4.78, 5) is 23.9. The van der Waals surface area contributed by atoms with Crippen molar-refractivity contribution in [3.05, 3.63) is 47.2 Å². The number of hydrogen-bond donors (Lipinski definition) is 1. The fourth-order valence-corrected chi connectivity index (χ4v) is 4.84. The molecule has 1 aliphatic heterocycles. The largest absolute Gasteiger partial charge is 0.324 e. The minimum absolute atomic E-state index is 0.336. The monoisotopic (exact) mass is 446 g/mol. The van der Waals surface area contributed by atoms with Gasteiger partial charge in [-0.15, -0.1) is 0 Å². The highest BCUT2D eigenvalue weighted by Gasteiger charge is 2.27. The molecule has 0 radical (unpaired) electrons. The Kier molecular flexibility index (Phi) is 6.12. The van der Waals surface area contributed by atoms with E-state index in [9.17, 15) is 0 Å². The minimum atomic E-state index is 0.336. The van der Waals surface area contributed by atoms with Gasteiger partial charge in [0.1, 0.15) is 11.6 Å². The molecule has 0 amide bonds. The molecule has 8 nitrogen and oxygen atoms in total. The number of nitrogens with one attached hydrogen (secondary N) is 1. The van der Waals surface area contributed by atoms with Crippen molar-refractivity contribution < 1.29 is 0 Å². The molecule has 33 heavy (non-hydrogen) atoms. The zero-order valence-corrected chi connectivity index (χ0v) is 20.2. The van der Waals surface area contributed by atoms with Gasteiger partial charge >= 0.3 is 0 Å². The molecule has 0 spiro atoms. The van der Waals surface area contributed by atoms with Gasteiger partial charge in [0.15, 0.2) is 0 Å². The van der Waals surface area contributed by atoms with Crippen LogP contribution in [0.1, 0.15) is 49.5 Å². The lowest BCUT2D eigenvalue weighted by Gasteiger charge is -2.32. The first-order chi connectivity index (χ1) is 16.0. The van der Waals surface area contributed by atoms with Crippen LogP contribution >= 0.6 is 0 Å². The normalized spacial score (nSPS) is 16.6. The Hall–Kier alpha value is -2.84. The molecule has 5 rings (SSSR count). The summed E-state index contributed by atoms with van der Waals surface area (Å²) >= 11 is 0. The number of rotatable bonds is 6. The van der Waals surface area contributed by atoms with Crippen LogP contribution in [-0.4, -0.2) is 67.5 Å². The van der Waals surface area contributed by atoms with Crippen LogP contribution in [0.25, 0.3) is 11.4 Å². The smallest absolute Gasteiger partial charge is 0.228 e. The van der Waals surface area contributed by atoms with Crippen molar-refractivity contribution in [3.8, 4) is 11.4 Å². The fourth-order valence-electron chi connectivity index (χ4n) is 4.84. The van der Waals surface area contributed by atoms with Gasteiger partial charge in [0.05, 0.1) is 17.1 Å². The van der Waals surface area contributed by atoms with E-state index in [4.69, 9.17) is 9.97 Å². The minimum Gasteiger partial charge on any atom is -0.324 e. The van der Waals surface area contributed by atoms with Gasteiger partial charge in [0.2, 0.25) is 5.95 Å². The third kappa shape index (κ3) is 4.50. The van der Waals surface area contributed by atoms with E-state index in [1.807, 2.05) is 18.5 Å². The summed E-state index contributed by atoms with van der Waals surface area (Å²) in [5.74, 6) is 2.48. The summed E-state index contributed by atoms with van der Waals surface area (Å²) in [6.45, 7) is 12.0. The molecule has 174 valence electrons. The molecule has 1 aliphatic carbocycles. The van der Waals surface area contributed by atoms with Crippen molar-refractivity contribution in [1.29, 1.82) is 0 Å². The van der Waals surface area contributed by atoms with Crippen LogP contribution in [0.4, 0.5) is 11.8 Å². The Morgan fingerprint density at radius 3 is 2.52 bits per heavy atom. The molecule has 2 aliphatic rings. The first-order valence-electron chi connectivity index (χ1n) is 12.1. The molecule has 0 unspecified atom stereocenters. The SMILES string of the molecule is CCc1nc2c(n1C(C)C)-c1nc(Nc3ccc(CN4CCN(C)CC4)cn3)ncc1CC2. The molecule has 0 saturated carbocycles. The van der Waals surface area contributed by atoms with Gasteiger partial charge in [-0.1, -0.05) is 13.0 Å². The van der Waals surface area contributed by atoms with Crippen molar-refractivity contribution in [1.82, 2.24) is 34.3 Å². The van der Waals surface area contributed by atoms with Crippen LogP contribution in [0.5, 0.6) is 0 Å². The van der Waals surface area contributed by atoms with Crippen molar-refractivity contribution in [2.24, 2.45) is 0 Å². The van der Waals surface area contributed by atoms with E-state index in [1.165, 1.54) is 11.1 Å². The van der Waals surface area contributed by atoms with Gasteiger partial charge in [-0.2, -0.15) is 0 Å². The molecule has 8 heteroatoms. The number of aryl methyl sites for hydroxylation is 3. The number of hydrogen-bond acceptors (Lipinski definition) is 7. The Morgan fingerprint density at radius 2 is 1.82 bits per heavy atom. The molecular formula is C25H34N8. The summed E-state index contributed by atoms with van der Waals surface area (Å²) in [7, 11) is 2.18. The topological polar surface area (TPSA) is 75.0 Å². The van der Waals surface area contributed by atoms with Crippen molar-refractivity contribution in [2.75, 3.05) is 38.5 Å². The molecule has 1 fully saturated rings. The predicted octanol–water partition coefficient (Wildman–Crippen LogP) is 3.47. The summed E-state index contributed by atoms with van der Waals surface area (Å²) < 4.78 is 2.34. The number of pyridine rings is 1. The van der Waals surface area contributed by atoms with E-state index in [2.05, 4.69) is 63.5 Å². The highest BCUT2D eigenvalue weighted by molar-refractivity contribution is 5.67. The third-order valence-electron chi connectivity index (χ3n) is 6.68. The Morgan fingerprint density at radius 1 is 1.00 bits per heavy atom. The Balaban J connectivity index is 1.35. The first-order valence-corrected chi connectivity index (χ1v) is 12.1. The van der Waals surface area contributed by atoms with Gasteiger partial charge in [-0.3, -0.25) is 4.90 Å². The van der Waals surface area contributed by atoms with Gasteiger partial charge in [-0.05, 0) is 50.9 Å². The second-order valence-electron chi connectivity index (χ2n) is 9.46. The van der Waals surface area contributed by atoms with Crippen molar-refractivity contribution >= 4 is 11.8 Å². The van der Waals surface area contributed by atoms with Crippen LogP contribution in [0.15, 0.2) is 24.5 Å². The predicted molar refractivity (Wildman–Crippen MR) is 131 cm³/mol. The maximum atomic E-state index is 4.93. The van der Waals surface area contributed by atoms with Crippen LogP contribution in [0.2, 0.25) is 0 Å². The van der Waals surface area contributed by atoms with Gasteiger partial charge in [-0.25, -0.2) is 19.9 Å². The lowest BCUT2D eigenvalue weighted by molar-refractivity contribution is 0.148. The fraction of sp³-hybridized carbons (Fsp3) is 0.520. The average Bonchev–Trinajstić information content (AvgIpc) is 3.21. The molecular weight excluding hydrogens is 412 g/mol. The molecule has 3 aromatic heterocycles. The van der Waals surface area contributed by atoms with E-state index in [1.54, 1.807) is 0 Å². The van der Waals surface area contributed by atoms with E-state index < -0.39 is 0 Å². The third-order valence-corrected chi connectivity index (χ3v) is 6.68. The van der Waals surface area contributed by atoms with Crippen LogP contribution in [0, 0.1) is 0 Å². The van der Waals surface area contributed by atoms with Crippen LogP contribution < -0.4 is 5.32 Å². The maximum Gasteiger partial charge on any atom is 0.228 e. The number of nitrogens with zero attached hydrogens (tertiary/aromatic N) is 7. The van der Waals surface area contributed by atoms with E-state index in [0.29, 0.717) is 12.0 Å². The summed E-state index contributed by atoms with van der Waals surface area (Å²) in [6, 6.07) is 4.50. The summed E-state index contributed by atoms with van der Waals surface area (Å²) in [6.07, 6.45) is 6.71. The van der Waals surface area contributed by atoms with Gasteiger partial charge in [0, 0.05) is 57.6 Å². The first kappa shape index (κ1) is 22.0. The Bertz CT molecular complexity index is 1110. The summed E-state index contributed by atoms with van der Waals surface area (Å²) in [5, 5.41) is 3.31. The second kappa shape index (κ2) is 9.19. The number of anilines is 2. The highest BCUT2D eigenvalue weighted by Crippen LogP contribution is 2.35. The quantitative estimate of drug-likeness (QED) is 0.621. The van der Waals surface area contributed by atoms with Crippen LogP contribution in [-0.2, 0) is 25.8 Å². The lowest BCUT2D eigenvalue weighted by atomic mass is 9.97. The van der Waals surface area contributed by atoms with E-state index >= 15 is 0 Å². The molecule has 0 atom stereocenters. The van der Waals surface area contributed by atoms with Crippen molar-refractivity contribution in [2.45, 2.75) is 52.6 Å². The lowest BCUT2D eigenvalue weighted by Crippen LogP contribution is -2.43. The molecule has 1 saturated heterocycles. The second-order valence-corrected chi connectivity index (χ2v) is 9.46. The zero-order chi connectivity index (χ0) is 22.9. The Labute approximate surface area is 196 Å². The van der Waals surface area contributed by atoms with Gasteiger partial charge < -0.3 is 14.8 Å². The summed E-state index contributed by atoms with van der Waals surface area (Å²) in [5.41, 5.74) is 5.73. The number of aromatic nitrogens is 5. The molecule has 3 aromatic rings. The van der Waals surface area contributed by atoms with E-state index in [-0.39, 0.29) is 0 Å². The maximum absolute atomic E-state index is 4.93. The number of imidazole rings is 1. The zero-order valence-electron chi connectivity index (χ0n) is 20.2. The number of piperazine rings is 1. The van der Waals surface area contributed by atoms with Gasteiger partial charge in [0.25, 0.3) is 0 Å². The van der Waals surface area contributed by atoms with Crippen LogP contribution in [0.3, 0.4) is 0 Å². The van der Waals surface area contributed by atoms with Crippen molar-refractivity contribution in [3.63, 3.8) is 0 Å². The van der Waals surface area contributed by atoms with E-state index in [0.717, 1.165) is 80.7 Å².